The molecule has 4 rings (SSSR count). The number of imide groups is 1. The molecule has 2 amide bonds. The minimum absolute atomic E-state index is 0.110. The molecule has 2 aromatic rings. The monoisotopic (exact) mass is 350 g/mol. The van der Waals surface area contributed by atoms with E-state index in [9.17, 15) is 19.7 Å². The summed E-state index contributed by atoms with van der Waals surface area (Å²) in [6.07, 6.45) is 0.599. The molecule has 8 nitrogen and oxygen atoms in total. The van der Waals surface area contributed by atoms with Gasteiger partial charge in [-0.2, -0.15) is 0 Å². The minimum atomic E-state index is -0.933. The quantitative estimate of drug-likeness (QED) is 0.490. The van der Waals surface area contributed by atoms with Gasteiger partial charge in [-0.1, -0.05) is 18.2 Å². The fraction of sp³-hybridized carbons (Fsp3) is 0.222. The van der Waals surface area contributed by atoms with Crippen molar-refractivity contribution in [1.82, 2.24) is 0 Å². The van der Waals surface area contributed by atoms with Crippen LogP contribution >= 0.6 is 0 Å². The normalized spacial score (nSPS) is 22.8. The molecule has 0 radical (unpaired) electrons. The maximum atomic E-state index is 12.9. The zero-order valence-corrected chi connectivity index (χ0v) is 13.6. The molecule has 1 aliphatic heterocycles. The SMILES string of the molecule is N=C1CCC(=N)C2C(=O)N(c3ccc([N+](=O)[O-])c4ccccc34)C(=O)C12. The summed E-state index contributed by atoms with van der Waals surface area (Å²) in [5.41, 5.74) is 0.480. The summed E-state index contributed by atoms with van der Waals surface area (Å²) < 4.78 is 0. The molecular weight excluding hydrogens is 336 g/mol. The van der Waals surface area contributed by atoms with Crippen LogP contribution in [0.25, 0.3) is 10.8 Å². The highest BCUT2D eigenvalue weighted by molar-refractivity contribution is 6.36. The van der Waals surface area contributed by atoms with Crippen LogP contribution in [0.3, 0.4) is 0 Å². The summed E-state index contributed by atoms with van der Waals surface area (Å²) in [4.78, 5) is 37.6. The van der Waals surface area contributed by atoms with Gasteiger partial charge in [0.25, 0.3) is 5.69 Å². The third-order valence-corrected chi connectivity index (χ3v) is 5.04. The summed E-state index contributed by atoms with van der Waals surface area (Å²) in [5, 5.41) is 28.1. The van der Waals surface area contributed by atoms with Crippen molar-refractivity contribution in [3.8, 4) is 0 Å². The van der Waals surface area contributed by atoms with E-state index < -0.39 is 28.6 Å². The first-order chi connectivity index (χ1) is 12.4. The van der Waals surface area contributed by atoms with Crippen LogP contribution in [-0.2, 0) is 9.59 Å². The van der Waals surface area contributed by atoms with E-state index in [0.717, 1.165) is 4.90 Å². The number of amides is 2. The van der Waals surface area contributed by atoms with Gasteiger partial charge in [0, 0.05) is 22.9 Å². The number of benzene rings is 2. The van der Waals surface area contributed by atoms with Gasteiger partial charge in [0.1, 0.15) is 0 Å². The number of anilines is 1. The lowest BCUT2D eigenvalue weighted by atomic mass is 9.78. The van der Waals surface area contributed by atoms with E-state index in [1.165, 1.54) is 12.1 Å². The van der Waals surface area contributed by atoms with Crippen molar-refractivity contribution in [3.05, 3.63) is 46.5 Å². The highest BCUT2D eigenvalue weighted by Gasteiger charge is 2.54. The van der Waals surface area contributed by atoms with Crippen LogP contribution in [0.1, 0.15) is 12.8 Å². The van der Waals surface area contributed by atoms with Crippen LogP contribution in [-0.4, -0.2) is 28.2 Å². The highest BCUT2D eigenvalue weighted by Crippen LogP contribution is 2.41. The van der Waals surface area contributed by atoms with Crippen molar-refractivity contribution in [2.24, 2.45) is 11.8 Å². The predicted octanol–water partition coefficient (Wildman–Crippen LogP) is 2.69. The molecular formula is C18H14N4O4. The van der Waals surface area contributed by atoms with Crippen molar-refractivity contribution < 1.29 is 14.5 Å². The lowest BCUT2D eigenvalue weighted by molar-refractivity contribution is -0.383. The minimum Gasteiger partial charge on any atom is -0.309 e. The molecule has 2 fully saturated rings. The number of rotatable bonds is 2. The largest absolute Gasteiger partial charge is 0.309 e. The first-order valence-electron chi connectivity index (χ1n) is 8.10. The fourth-order valence-corrected chi connectivity index (χ4v) is 3.81. The Hall–Kier alpha value is -3.42. The molecule has 130 valence electrons. The molecule has 2 aromatic carbocycles. The Bertz CT molecular complexity index is 995. The molecule has 0 spiro atoms. The molecule has 26 heavy (non-hydrogen) atoms. The van der Waals surface area contributed by atoms with E-state index in [2.05, 4.69) is 0 Å². The third-order valence-electron chi connectivity index (χ3n) is 5.04. The molecule has 1 saturated heterocycles. The topological polar surface area (TPSA) is 128 Å². The second kappa shape index (κ2) is 5.55. The van der Waals surface area contributed by atoms with E-state index >= 15 is 0 Å². The Labute approximate surface area is 147 Å². The fourth-order valence-electron chi connectivity index (χ4n) is 3.81. The van der Waals surface area contributed by atoms with Gasteiger partial charge in [-0.25, -0.2) is 4.90 Å². The van der Waals surface area contributed by atoms with Gasteiger partial charge in [-0.3, -0.25) is 19.7 Å². The number of hydrogen-bond donors (Lipinski definition) is 2. The number of hydrogen-bond acceptors (Lipinski definition) is 6. The molecule has 2 N–H and O–H groups in total. The Morgan fingerprint density at radius 1 is 0.923 bits per heavy atom. The van der Waals surface area contributed by atoms with Gasteiger partial charge in [0.05, 0.1) is 27.8 Å². The van der Waals surface area contributed by atoms with Crippen molar-refractivity contribution >= 4 is 45.4 Å². The molecule has 1 aliphatic carbocycles. The zero-order valence-electron chi connectivity index (χ0n) is 13.6. The molecule has 0 bridgehead atoms. The Morgan fingerprint density at radius 2 is 1.46 bits per heavy atom. The maximum absolute atomic E-state index is 12.9. The molecule has 2 aliphatic rings. The van der Waals surface area contributed by atoms with Crippen molar-refractivity contribution in [2.45, 2.75) is 12.8 Å². The standard InChI is InChI=1S/C18H14N4O4/c19-11-5-6-12(20)16-15(11)17(23)21(18(16)24)13-7-8-14(22(25)26)10-4-2-1-3-9(10)13/h1-4,7-8,15-16,19-20H,5-6H2. The second-order valence-corrected chi connectivity index (χ2v) is 6.42. The van der Waals surface area contributed by atoms with Gasteiger partial charge >= 0.3 is 0 Å². The van der Waals surface area contributed by atoms with E-state index in [-0.39, 0.29) is 22.8 Å². The van der Waals surface area contributed by atoms with Crippen molar-refractivity contribution in [1.29, 1.82) is 10.8 Å². The average molecular weight is 350 g/mol. The Morgan fingerprint density at radius 3 is 2.00 bits per heavy atom. The Kier molecular flexibility index (Phi) is 3.43. The van der Waals surface area contributed by atoms with Crippen molar-refractivity contribution in [2.75, 3.05) is 4.90 Å². The van der Waals surface area contributed by atoms with Crippen LogP contribution in [0.4, 0.5) is 11.4 Å². The van der Waals surface area contributed by atoms with Crippen LogP contribution in [0.5, 0.6) is 0 Å². The zero-order chi connectivity index (χ0) is 18.6. The summed E-state index contributed by atoms with van der Waals surface area (Å²) >= 11 is 0. The van der Waals surface area contributed by atoms with Crippen LogP contribution < -0.4 is 4.90 Å². The maximum Gasteiger partial charge on any atom is 0.277 e. The number of non-ortho nitro benzene ring substituents is 1. The lowest BCUT2D eigenvalue weighted by Crippen LogP contribution is -2.36. The molecule has 0 aromatic heterocycles. The first kappa shape index (κ1) is 16.1. The lowest BCUT2D eigenvalue weighted by Gasteiger charge is -2.22. The summed E-state index contributed by atoms with van der Waals surface area (Å²) in [5.74, 6) is -2.93. The number of carbonyl (C=O) groups excluding carboxylic acids is 2. The smallest absolute Gasteiger partial charge is 0.277 e. The van der Waals surface area contributed by atoms with Crippen LogP contribution in [0.2, 0.25) is 0 Å². The van der Waals surface area contributed by atoms with E-state index in [1.54, 1.807) is 24.3 Å². The van der Waals surface area contributed by atoms with Gasteiger partial charge in [-0.05, 0) is 25.0 Å². The van der Waals surface area contributed by atoms with Crippen LogP contribution in [0.15, 0.2) is 36.4 Å². The van der Waals surface area contributed by atoms with Crippen LogP contribution in [0, 0.1) is 32.8 Å². The highest BCUT2D eigenvalue weighted by atomic mass is 16.6. The number of nitrogens with zero attached hydrogens (tertiary/aromatic N) is 2. The summed E-state index contributed by atoms with van der Waals surface area (Å²) in [6, 6.07) is 9.18. The molecule has 1 saturated carbocycles. The van der Waals surface area contributed by atoms with Gasteiger partial charge in [0.2, 0.25) is 11.8 Å². The van der Waals surface area contributed by atoms with Gasteiger partial charge in [0.15, 0.2) is 0 Å². The molecule has 2 atom stereocenters. The molecule has 2 unspecified atom stereocenters. The number of nitro groups is 1. The molecule has 1 heterocycles. The number of carbonyl (C=O) groups is 2. The number of nitro benzene ring substituents is 1. The van der Waals surface area contributed by atoms with Gasteiger partial charge < -0.3 is 10.8 Å². The van der Waals surface area contributed by atoms with E-state index in [1.807, 2.05) is 0 Å². The second-order valence-electron chi connectivity index (χ2n) is 6.42. The van der Waals surface area contributed by atoms with E-state index in [4.69, 9.17) is 10.8 Å². The van der Waals surface area contributed by atoms with E-state index in [0.29, 0.717) is 23.6 Å². The number of fused-ring (bicyclic) bond motifs is 2. The first-order valence-corrected chi connectivity index (χ1v) is 8.10. The average Bonchev–Trinajstić information content (AvgIpc) is 2.89. The third kappa shape index (κ3) is 2.08. The summed E-state index contributed by atoms with van der Waals surface area (Å²) in [6.45, 7) is 0. The predicted molar refractivity (Wildman–Crippen MR) is 94.8 cm³/mol. The van der Waals surface area contributed by atoms with Gasteiger partial charge in [-0.15, -0.1) is 0 Å². The van der Waals surface area contributed by atoms with Crippen molar-refractivity contribution in [3.63, 3.8) is 0 Å². The molecule has 8 heteroatoms. The number of nitrogens with one attached hydrogen (secondary N) is 2. The summed E-state index contributed by atoms with van der Waals surface area (Å²) in [7, 11) is 0. The Balaban J connectivity index is 1.91.